The standard InChI is InChI=1S/C12H16FNO/c1-8(4-6-14)12-9-5-7-15-11(9)3-2-10(12)13/h2-3,8H,4-7,14H2,1H3. The van der Waals surface area contributed by atoms with Crippen LogP contribution in [0.3, 0.4) is 0 Å². The van der Waals surface area contributed by atoms with Crippen LogP contribution in [0.15, 0.2) is 12.1 Å². The highest BCUT2D eigenvalue weighted by atomic mass is 19.1. The van der Waals surface area contributed by atoms with Crippen molar-refractivity contribution in [1.29, 1.82) is 0 Å². The van der Waals surface area contributed by atoms with Gasteiger partial charge in [0.25, 0.3) is 0 Å². The summed E-state index contributed by atoms with van der Waals surface area (Å²) < 4.78 is 19.1. The van der Waals surface area contributed by atoms with E-state index in [2.05, 4.69) is 0 Å². The van der Waals surface area contributed by atoms with Crippen molar-refractivity contribution < 1.29 is 9.13 Å². The van der Waals surface area contributed by atoms with Crippen LogP contribution in [0.4, 0.5) is 4.39 Å². The van der Waals surface area contributed by atoms with Crippen LogP contribution in [0, 0.1) is 5.82 Å². The van der Waals surface area contributed by atoms with E-state index in [1.165, 1.54) is 6.07 Å². The van der Waals surface area contributed by atoms with Gasteiger partial charge in [-0.05, 0) is 36.6 Å². The highest BCUT2D eigenvalue weighted by Gasteiger charge is 2.22. The summed E-state index contributed by atoms with van der Waals surface area (Å²) in [6, 6.07) is 3.21. The molecule has 0 bridgehead atoms. The molecule has 1 unspecified atom stereocenters. The molecule has 0 fully saturated rings. The van der Waals surface area contributed by atoms with Crippen LogP contribution in [0.5, 0.6) is 5.75 Å². The topological polar surface area (TPSA) is 35.2 Å². The lowest BCUT2D eigenvalue weighted by atomic mass is 9.91. The van der Waals surface area contributed by atoms with Crippen molar-refractivity contribution in [1.82, 2.24) is 0 Å². The summed E-state index contributed by atoms with van der Waals surface area (Å²) in [6.07, 6.45) is 1.63. The summed E-state index contributed by atoms with van der Waals surface area (Å²) in [5, 5.41) is 0. The first-order valence-corrected chi connectivity index (χ1v) is 5.38. The third-order valence-electron chi connectivity index (χ3n) is 2.96. The molecule has 0 amide bonds. The molecule has 82 valence electrons. The molecule has 0 aliphatic carbocycles. The van der Waals surface area contributed by atoms with Gasteiger partial charge in [0.15, 0.2) is 0 Å². The zero-order valence-electron chi connectivity index (χ0n) is 8.92. The van der Waals surface area contributed by atoms with E-state index in [9.17, 15) is 4.39 Å². The summed E-state index contributed by atoms with van der Waals surface area (Å²) >= 11 is 0. The maximum absolute atomic E-state index is 13.7. The highest BCUT2D eigenvalue weighted by molar-refractivity contribution is 5.45. The van der Waals surface area contributed by atoms with Crippen molar-refractivity contribution in [3.05, 3.63) is 29.1 Å². The minimum atomic E-state index is -0.125. The monoisotopic (exact) mass is 209 g/mol. The van der Waals surface area contributed by atoms with E-state index in [1.807, 2.05) is 6.92 Å². The van der Waals surface area contributed by atoms with Gasteiger partial charge in [0.2, 0.25) is 0 Å². The maximum Gasteiger partial charge on any atom is 0.127 e. The average Bonchev–Trinajstić information content (AvgIpc) is 2.65. The van der Waals surface area contributed by atoms with Crippen LogP contribution in [0.25, 0.3) is 0 Å². The normalized spacial score (nSPS) is 15.9. The number of halogens is 1. The molecule has 0 spiro atoms. The van der Waals surface area contributed by atoms with Crippen LogP contribution >= 0.6 is 0 Å². The molecule has 0 radical (unpaired) electrons. The van der Waals surface area contributed by atoms with Crippen LogP contribution in [-0.2, 0) is 6.42 Å². The average molecular weight is 209 g/mol. The van der Waals surface area contributed by atoms with E-state index in [0.29, 0.717) is 13.2 Å². The quantitative estimate of drug-likeness (QED) is 0.828. The van der Waals surface area contributed by atoms with Crippen LogP contribution in [0.2, 0.25) is 0 Å². The number of ether oxygens (including phenoxy) is 1. The third kappa shape index (κ3) is 1.84. The minimum Gasteiger partial charge on any atom is -0.493 e. The first-order chi connectivity index (χ1) is 7.24. The molecule has 1 aromatic rings. The first kappa shape index (κ1) is 10.4. The Hall–Kier alpha value is -1.09. The number of hydrogen-bond acceptors (Lipinski definition) is 2. The van der Waals surface area contributed by atoms with Gasteiger partial charge in [0.05, 0.1) is 6.61 Å². The van der Waals surface area contributed by atoms with E-state index in [0.717, 1.165) is 29.7 Å². The zero-order valence-corrected chi connectivity index (χ0v) is 8.92. The molecule has 1 aliphatic rings. The molecule has 0 aromatic heterocycles. The largest absolute Gasteiger partial charge is 0.493 e. The third-order valence-corrected chi connectivity index (χ3v) is 2.96. The fourth-order valence-electron chi connectivity index (χ4n) is 2.20. The van der Waals surface area contributed by atoms with Crippen LogP contribution in [0.1, 0.15) is 30.4 Å². The van der Waals surface area contributed by atoms with Gasteiger partial charge in [0, 0.05) is 12.0 Å². The minimum absolute atomic E-state index is 0.125. The summed E-state index contributed by atoms with van der Waals surface area (Å²) in [5.74, 6) is 0.891. The lowest BCUT2D eigenvalue weighted by Crippen LogP contribution is -2.08. The molecule has 0 saturated heterocycles. The lowest BCUT2D eigenvalue weighted by molar-refractivity contribution is 0.356. The Bertz CT molecular complexity index is 365. The Morgan fingerprint density at radius 2 is 2.33 bits per heavy atom. The fourth-order valence-corrected chi connectivity index (χ4v) is 2.20. The Labute approximate surface area is 89.2 Å². The molecule has 15 heavy (non-hydrogen) atoms. The Balaban J connectivity index is 2.40. The summed E-state index contributed by atoms with van der Waals surface area (Å²) in [4.78, 5) is 0. The van der Waals surface area contributed by atoms with Gasteiger partial charge in [-0.1, -0.05) is 6.92 Å². The fraction of sp³-hybridized carbons (Fsp3) is 0.500. The molecule has 3 heteroatoms. The second-order valence-electron chi connectivity index (χ2n) is 4.01. The summed E-state index contributed by atoms with van der Waals surface area (Å²) in [6.45, 7) is 3.27. The Morgan fingerprint density at radius 3 is 3.07 bits per heavy atom. The number of rotatable bonds is 3. The predicted octanol–water partition coefficient (Wildman–Crippen LogP) is 2.21. The zero-order chi connectivity index (χ0) is 10.8. The number of benzene rings is 1. The van der Waals surface area contributed by atoms with Crippen molar-refractivity contribution in [3.8, 4) is 5.75 Å². The summed E-state index contributed by atoms with van der Waals surface area (Å²) in [7, 11) is 0. The predicted molar refractivity (Wildman–Crippen MR) is 57.7 cm³/mol. The van der Waals surface area contributed by atoms with Gasteiger partial charge in [-0.2, -0.15) is 0 Å². The second kappa shape index (κ2) is 4.19. The van der Waals surface area contributed by atoms with Gasteiger partial charge in [-0.15, -0.1) is 0 Å². The van der Waals surface area contributed by atoms with Gasteiger partial charge < -0.3 is 10.5 Å². The number of nitrogens with two attached hydrogens (primary N) is 1. The van der Waals surface area contributed by atoms with Gasteiger partial charge in [-0.25, -0.2) is 4.39 Å². The SMILES string of the molecule is CC(CCN)c1c(F)ccc2c1CCO2. The van der Waals surface area contributed by atoms with E-state index < -0.39 is 0 Å². The van der Waals surface area contributed by atoms with E-state index in [4.69, 9.17) is 10.5 Å². The van der Waals surface area contributed by atoms with Crippen molar-refractivity contribution in [2.75, 3.05) is 13.2 Å². The maximum atomic E-state index is 13.7. The molecule has 0 saturated carbocycles. The first-order valence-electron chi connectivity index (χ1n) is 5.38. The van der Waals surface area contributed by atoms with Crippen molar-refractivity contribution >= 4 is 0 Å². The number of hydrogen-bond donors (Lipinski definition) is 1. The molecule has 2 rings (SSSR count). The molecule has 1 aliphatic heterocycles. The smallest absolute Gasteiger partial charge is 0.127 e. The lowest BCUT2D eigenvalue weighted by Gasteiger charge is -2.15. The molecule has 2 nitrogen and oxygen atoms in total. The molecule has 2 N–H and O–H groups in total. The number of fused-ring (bicyclic) bond motifs is 1. The van der Waals surface area contributed by atoms with Gasteiger partial charge in [-0.3, -0.25) is 0 Å². The molecular weight excluding hydrogens is 193 g/mol. The molecule has 1 heterocycles. The molecule has 1 aromatic carbocycles. The highest BCUT2D eigenvalue weighted by Crippen LogP contribution is 2.35. The van der Waals surface area contributed by atoms with Crippen LogP contribution in [-0.4, -0.2) is 13.2 Å². The Morgan fingerprint density at radius 1 is 1.53 bits per heavy atom. The van der Waals surface area contributed by atoms with E-state index >= 15 is 0 Å². The van der Waals surface area contributed by atoms with Gasteiger partial charge >= 0.3 is 0 Å². The van der Waals surface area contributed by atoms with Crippen molar-refractivity contribution in [3.63, 3.8) is 0 Å². The molecular formula is C12H16FNO. The van der Waals surface area contributed by atoms with Crippen LogP contribution < -0.4 is 10.5 Å². The molecule has 1 atom stereocenters. The van der Waals surface area contributed by atoms with E-state index in [1.54, 1.807) is 6.07 Å². The Kier molecular flexibility index (Phi) is 2.91. The van der Waals surface area contributed by atoms with E-state index in [-0.39, 0.29) is 11.7 Å². The van der Waals surface area contributed by atoms with Crippen molar-refractivity contribution in [2.45, 2.75) is 25.7 Å². The van der Waals surface area contributed by atoms with Gasteiger partial charge in [0.1, 0.15) is 11.6 Å². The summed E-state index contributed by atoms with van der Waals surface area (Å²) in [5.41, 5.74) is 7.35. The van der Waals surface area contributed by atoms with Crippen molar-refractivity contribution in [2.24, 2.45) is 5.73 Å². The second-order valence-corrected chi connectivity index (χ2v) is 4.01.